The lowest BCUT2D eigenvalue weighted by Gasteiger charge is -2.15. The Balaban J connectivity index is 1.20. The Hall–Kier alpha value is -6.49. The standard InChI is InChI=1S/C36H31N7O11S3/c1-21-15-26(11-13-31(21)41-42-32-14-12-27(20-33(32)54-2)39-38-25-6-4-8-29(18-25)56(48,49)50)40-43-35-34(57(51,52)53)16-22-9-10-24(19-30(22)36(35)44)37-23-5-3-7-28(17-23)55(45,46)47/h3-20,37,41-42,44H,1-2H3,(H,45,46,47)(H,48,49,50)(H,51,52,53). The second-order valence-electron chi connectivity index (χ2n) is 12.1. The van der Waals surface area contributed by atoms with Crippen LogP contribution in [0.3, 0.4) is 0 Å². The number of ether oxygens (including phenoxy) is 1. The maximum absolute atomic E-state index is 12.4. The number of hydrogen-bond donors (Lipinski definition) is 7. The molecule has 294 valence electrons. The average Bonchev–Trinajstić information content (AvgIpc) is 3.16. The molecule has 6 aromatic rings. The highest BCUT2D eigenvalue weighted by atomic mass is 32.2. The van der Waals surface area contributed by atoms with Crippen LogP contribution in [0.2, 0.25) is 0 Å². The summed E-state index contributed by atoms with van der Waals surface area (Å²) in [6.45, 7) is 1.76. The number of azo groups is 2. The molecule has 0 aliphatic carbocycles. The van der Waals surface area contributed by atoms with E-state index >= 15 is 0 Å². The molecule has 0 amide bonds. The lowest BCUT2D eigenvalue weighted by atomic mass is 10.1. The van der Waals surface area contributed by atoms with Gasteiger partial charge >= 0.3 is 0 Å². The molecular weight excluding hydrogens is 803 g/mol. The number of aromatic hydroxyl groups is 1. The van der Waals surface area contributed by atoms with Crippen LogP contribution in [0.15, 0.2) is 144 Å². The number of hydrogen-bond acceptors (Lipinski definition) is 15. The minimum absolute atomic E-state index is 0.131. The average molecular weight is 834 g/mol. The van der Waals surface area contributed by atoms with E-state index in [1.807, 2.05) is 0 Å². The maximum atomic E-state index is 12.4. The van der Waals surface area contributed by atoms with Crippen molar-refractivity contribution >= 4 is 86.6 Å². The van der Waals surface area contributed by atoms with E-state index in [4.69, 9.17) is 4.74 Å². The van der Waals surface area contributed by atoms with Crippen molar-refractivity contribution in [2.75, 3.05) is 23.3 Å². The fraction of sp³-hybridized carbons (Fsp3) is 0.0556. The number of phenolic OH excluding ortho intramolecular Hbond substituents is 1. The first-order valence-corrected chi connectivity index (χ1v) is 20.5. The molecule has 0 saturated carbocycles. The number of aryl methyl sites for hydroxylation is 1. The molecule has 0 aliphatic heterocycles. The van der Waals surface area contributed by atoms with E-state index in [1.54, 1.807) is 49.4 Å². The molecule has 0 saturated heterocycles. The van der Waals surface area contributed by atoms with Gasteiger partial charge in [-0.25, -0.2) is 0 Å². The smallest absolute Gasteiger partial charge is 0.296 e. The Morgan fingerprint density at radius 1 is 0.579 bits per heavy atom. The zero-order chi connectivity index (χ0) is 41.1. The number of benzene rings is 6. The van der Waals surface area contributed by atoms with E-state index in [0.717, 1.165) is 6.07 Å². The molecule has 0 aliphatic rings. The SMILES string of the molecule is COc1cc(N=Nc2cccc(S(=O)(=O)O)c2)ccc1NNc1ccc(N=Nc2c(S(=O)(=O)O)cc3ccc(Nc4cccc(S(=O)(=O)O)c4)cc3c2O)cc1C. The van der Waals surface area contributed by atoms with Crippen molar-refractivity contribution in [1.82, 2.24) is 0 Å². The molecule has 0 heterocycles. The van der Waals surface area contributed by atoms with Crippen LogP contribution in [0.5, 0.6) is 11.5 Å². The predicted octanol–water partition coefficient (Wildman–Crippen LogP) is 8.62. The fourth-order valence-corrected chi connectivity index (χ4v) is 7.08. The van der Waals surface area contributed by atoms with Crippen molar-refractivity contribution < 1.29 is 48.8 Å². The molecule has 0 spiro atoms. The summed E-state index contributed by atoms with van der Waals surface area (Å²) in [5, 5.41) is 30.8. The summed E-state index contributed by atoms with van der Waals surface area (Å²) < 4.78 is 105. The number of phenols is 1. The number of nitrogens with zero attached hydrogens (tertiary/aromatic N) is 4. The zero-order valence-electron chi connectivity index (χ0n) is 29.6. The molecule has 0 bridgehead atoms. The minimum Gasteiger partial charge on any atom is -0.505 e. The first-order chi connectivity index (χ1) is 26.9. The quantitative estimate of drug-likeness (QED) is 0.0326. The topological polar surface area (TPSA) is 278 Å². The summed E-state index contributed by atoms with van der Waals surface area (Å²) >= 11 is 0. The third kappa shape index (κ3) is 9.67. The van der Waals surface area contributed by atoms with Gasteiger partial charge in [0.2, 0.25) is 0 Å². The largest absolute Gasteiger partial charge is 0.505 e. The van der Waals surface area contributed by atoms with Crippen LogP contribution in [-0.4, -0.2) is 51.1 Å². The highest BCUT2D eigenvalue weighted by Crippen LogP contribution is 2.43. The van der Waals surface area contributed by atoms with Gasteiger partial charge in [0.15, 0.2) is 5.75 Å². The van der Waals surface area contributed by atoms with Crippen LogP contribution in [0.1, 0.15) is 5.56 Å². The third-order valence-corrected chi connectivity index (χ3v) is 10.7. The van der Waals surface area contributed by atoms with Crippen LogP contribution < -0.4 is 20.9 Å². The number of nitrogens with one attached hydrogen (secondary N) is 3. The second kappa shape index (κ2) is 15.9. The summed E-state index contributed by atoms with van der Waals surface area (Å²) in [6.07, 6.45) is 0. The maximum Gasteiger partial charge on any atom is 0.296 e. The van der Waals surface area contributed by atoms with Gasteiger partial charge in [-0.2, -0.15) is 40.6 Å². The van der Waals surface area contributed by atoms with Crippen LogP contribution in [0.4, 0.5) is 45.5 Å². The molecular formula is C36H31N7O11S3. The van der Waals surface area contributed by atoms with Crippen LogP contribution in [0, 0.1) is 6.92 Å². The summed E-state index contributed by atoms with van der Waals surface area (Å²) in [6, 6.07) is 26.0. The predicted molar refractivity (Wildman–Crippen MR) is 211 cm³/mol. The lowest BCUT2D eigenvalue weighted by Crippen LogP contribution is -2.10. The van der Waals surface area contributed by atoms with Crippen LogP contribution in [-0.2, 0) is 30.4 Å². The van der Waals surface area contributed by atoms with E-state index in [1.165, 1.54) is 67.8 Å². The number of fused-ring (bicyclic) bond motifs is 1. The van der Waals surface area contributed by atoms with Gasteiger partial charge in [-0.1, -0.05) is 18.2 Å². The second-order valence-corrected chi connectivity index (χ2v) is 16.4. The molecule has 21 heteroatoms. The van der Waals surface area contributed by atoms with Crippen molar-refractivity contribution in [3.8, 4) is 11.5 Å². The normalized spacial score (nSPS) is 12.3. The number of hydrazine groups is 1. The van der Waals surface area contributed by atoms with E-state index in [2.05, 4.69) is 36.6 Å². The van der Waals surface area contributed by atoms with Crippen molar-refractivity contribution in [3.63, 3.8) is 0 Å². The third-order valence-electron chi connectivity index (χ3n) is 8.14. The van der Waals surface area contributed by atoms with Crippen molar-refractivity contribution in [2.24, 2.45) is 20.5 Å². The van der Waals surface area contributed by atoms with E-state index in [9.17, 15) is 44.0 Å². The first-order valence-electron chi connectivity index (χ1n) is 16.2. The Morgan fingerprint density at radius 2 is 1.16 bits per heavy atom. The molecule has 6 rings (SSSR count). The summed E-state index contributed by atoms with van der Waals surface area (Å²) in [4.78, 5) is -1.35. The Labute approximate surface area is 325 Å². The Bertz CT molecular complexity index is 2940. The van der Waals surface area contributed by atoms with Crippen molar-refractivity contribution in [2.45, 2.75) is 21.6 Å². The molecule has 0 aromatic heterocycles. The fourth-order valence-electron chi connectivity index (χ4n) is 5.37. The first kappa shape index (κ1) is 40.2. The van der Waals surface area contributed by atoms with E-state index in [-0.39, 0.29) is 31.9 Å². The number of methoxy groups -OCH3 is 1. The molecule has 0 fully saturated rings. The monoisotopic (exact) mass is 833 g/mol. The Morgan fingerprint density at radius 3 is 1.81 bits per heavy atom. The lowest BCUT2D eigenvalue weighted by molar-refractivity contribution is 0.417. The highest BCUT2D eigenvalue weighted by molar-refractivity contribution is 7.86. The van der Waals surface area contributed by atoms with Gasteiger partial charge < -0.3 is 20.6 Å². The molecule has 0 radical (unpaired) electrons. The van der Waals surface area contributed by atoms with Gasteiger partial charge in [-0.3, -0.25) is 19.1 Å². The van der Waals surface area contributed by atoms with Gasteiger partial charge in [-0.05, 0) is 103 Å². The van der Waals surface area contributed by atoms with E-state index < -0.39 is 46.7 Å². The number of anilines is 4. The summed E-state index contributed by atoms with van der Waals surface area (Å²) in [7, 11) is -12.3. The minimum atomic E-state index is -4.89. The molecule has 0 atom stereocenters. The molecule has 6 aromatic carbocycles. The van der Waals surface area contributed by atoms with Gasteiger partial charge in [0, 0.05) is 22.8 Å². The molecule has 7 N–H and O–H groups in total. The van der Waals surface area contributed by atoms with Crippen LogP contribution >= 0.6 is 0 Å². The van der Waals surface area contributed by atoms with Gasteiger partial charge in [0.1, 0.15) is 16.3 Å². The van der Waals surface area contributed by atoms with Crippen molar-refractivity contribution in [3.05, 3.63) is 115 Å². The van der Waals surface area contributed by atoms with Crippen molar-refractivity contribution in [1.29, 1.82) is 0 Å². The molecule has 18 nitrogen and oxygen atoms in total. The van der Waals surface area contributed by atoms with Gasteiger partial charge in [0.25, 0.3) is 30.4 Å². The van der Waals surface area contributed by atoms with Crippen LogP contribution in [0.25, 0.3) is 10.8 Å². The summed E-state index contributed by atoms with van der Waals surface area (Å²) in [5.41, 5.74) is 8.86. The van der Waals surface area contributed by atoms with Gasteiger partial charge in [0.05, 0.1) is 45.3 Å². The number of rotatable bonds is 13. The zero-order valence-corrected chi connectivity index (χ0v) is 32.0. The molecule has 57 heavy (non-hydrogen) atoms. The molecule has 0 unspecified atom stereocenters. The highest BCUT2D eigenvalue weighted by Gasteiger charge is 2.22. The Kier molecular flexibility index (Phi) is 11.2. The van der Waals surface area contributed by atoms with Gasteiger partial charge in [-0.15, -0.1) is 5.11 Å². The summed E-state index contributed by atoms with van der Waals surface area (Å²) in [5.74, 6) is -0.223. The van der Waals surface area contributed by atoms with E-state index in [0.29, 0.717) is 39.7 Å².